The summed E-state index contributed by atoms with van der Waals surface area (Å²) < 4.78 is 5.24. The number of hydrogen-bond donors (Lipinski definition) is 1. The lowest BCUT2D eigenvalue weighted by atomic mass is 9.95. The Morgan fingerprint density at radius 1 is 1.29 bits per heavy atom. The van der Waals surface area contributed by atoms with E-state index in [0.29, 0.717) is 17.9 Å². The third-order valence-corrected chi connectivity index (χ3v) is 4.59. The van der Waals surface area contributed by atoms with E-state index in [1.807, 2.05) is 13.0 Å². The molecule has 116 valence electrons. The third-order valence-electron chi connectivity index (χ3n) is 4.59. The van der Waals surface area contributed by atoms with E-state index in [-0.39, 0.29) is 0 Å². The Hall–Kier alpha value is -1.40. The first-order valence-electron chi connectivity index (χ1n) is 7.75. The van der Waals surface area contributed by atoms with Crippen molar-refractivity contribution in [1.29, 1.82) is 0 Å². The normalized spacial score (nSPS) is 26.1. The number of piperidine rings is 1. The monoisotopic (exact) mass is 291 g/mol. The average molecular weight is 291 g/mol. The number of hydrogen-bond acceptors (Lipinski definition) is 6. The molecule has 2 atom stereocenters. The van der Waals surface area contributed by atoms with E-state index in [2.05, 4.69) is 19.8 Å². The maximum Gasteiger partial charge on any atom is 0.222 e. The van der Waals surface area contributed by atoms with Crippen LogP contribution in [0.15, 0.2) is 6.07 Å². The number of aryl methyl sites for hydroxylation is 1. The smallest absolute Gasteiger partial charge is 0.222 e. The third kappa shape index (κ3) is 3.27. The second kappa shape index (κ2) is 6.15. The van der Waals surface area contributed by atoms with Crippen molar-refractivity contribution in [3.63, 3.8) is 0 Å². The molecule has 0 unspecified atom stereocenters. The minimum Gasteiger partial charge on any atom is -0.383 e. The molecule has 0 aromatic carbocycles. The number of anilines is 2. The van der Waals surface area contributed by atoms with Crippen LogP contribution in [-0.2, 0) is 4.74 Å². The summed E-state index contributed by atoms with van der Waals surface area (Å²) in [5.41, 5.74) is 6.74. The maximum absolute atomic E-state index is 5.81. The van der Waals surface area contributed by atoms with Crippen molar-refractivity contribution in [3.05, 3.63) is 11.8 Å². The van der Waals surface area contributed by atoms with Crippen molar-refractivity contribution in [2.24, 2.45) is 5.92 Å². The number of aromatic nitrogens is 2. The fourth-order valence-corrected chi connectivity index (χ4v) is 3.58. The molecule has 1 aromatic heterocycles. The fourth-order valence-electron chi connectivity index (χ4n) is 3.58. The van der Waals surface area contributed by atoms with Gasteiger partial charge in [0.2, 0.25) is 5.95 Å². The van der Waals surface area contributed by atoms with E-state index >= 15 is 0 Å². The van der Waals surface area contributed by atoms with Gasteiger partial charge in [-0.2, -0.15) is 4.98 Å². The summed E-state index contributed by atoms with van der Waals surface area (Å²) in [4.78, 5) is 13.6. The molecule has 3 fully saturated rings. The highest BCUT2D eigenvalue weighted by atomic mass is 16.5. The van der Waals surface area contributed by atoms with Gasteiger partial charge in [-0.1, -0.05) is 0 Å². The molecule has 3 aliphatic rings. The van der Waals surface area contributed by atoms with Crippen LogP contribution in [0.25, 0.3) is 0 Å². The number of nitrogens with two attached hydrogens (primary N) is 1. The largest absolute Gasteiger partial charge is 0.383 e. The molecule has 1 aromatic rings. The van der Waals surface area contributed by atoms with Gasteiger partial charge in [0.1, 0.15) is 5.82 Å². The highest BCUT2D eigenvalue weighted by Gasteiger charge is 2.35. The van der Waals surface area contributed by atoms with Crippen LogP contribution in [0.3, 0.4) is 0 Å². The number of methoxy groups -OCH3 is 1. The first kappa shape index (κ1) is 14.5. The Morgan fingerprint density at radius 2 is 2.14 bits per heavy atom. The molecule has 0 aliphatic carbocycles. The van der Waals surface area contributed by atoms with Crippen molar-refractivity contribution in [3.8, 4) is 0 Å². The molecule has 6 heteroatoms. The van der Waals surface area contributed by atoms with E-state index in [1.165, 1.54) is 19.4 Å². The summed E-state index contributed by atoms with van der Waals surface area (Å²) in [7, 11) is 1.77. The Morgan fingerprint density at radius 3 is 2.90 bits per heavy atom. The van der Waals surface area contributed by atoms with Gasteiger partial charge in [-0.25, -0.2) is 4.98 Å². The summed E-state index contributed by atoms with van der Waals surface area (Å²) in [6.07, 6.45) is 2.58. The molecule has 4 heterocycles. The predicted molar refractivity (Wildman–Crippen MR) is 83.4 cm³/mol. The van der Waals surface area contributed by atoms with Crippen molar-refractivity contribution in [2.75, 3.05) is 50.5 Å². The second-order valence-corrected chi connectivity index (χ2v) is 6.22. The molecule has 3 saturated heterocycles. The first-order chi connectivity index (χ1) is 10.2. The second-order valence-electron chi connectivity index (χ2n) is 6.22. The van der Waals surface area contributed by atoms with Crippen LogP contribution in [-0.4, -0.2) is 60.8 Å². The summed E-state index contributed by atoms with van der Waals surface area (Å²) in [6.45, 7) is 7.06. The Kier molecular flexibility index (Phi) is 4.26. The van der Waals surface area contributed by atoms with Crippen LogP contribution in [0.2, 0.25) is 0 Å². The van der Waals surface area contributed by atoms with Crippen LogP contribution in [0.1, 0.15) is 18.5 Å². The quantitative estimate of drug-likeness (QED) is 0.889. The number of nitrogens with zero attached hydrogens (tertiary/aromatic N) is 4. The zero-order valence-electron chi connectivity index (χ0n) is 13.0. The van der Waals surface area contributed by atoms with Crippen molar-refractivity contribution in [1.82, 2.24) is 14.9 Å². The summed E-state index contributed by atoms with van der Waals surface area (Å²) in [5, 5.41) is 0. The molecule has 21 heavy (non-hydrogen) atoms. The van der Waals surface area contributed by atoms with Crippen LogP contribution < -0.4 is 10.6 Å². The molecule has 0 spiro atoms. The zero-order valence-corrected chi connectivity index (χ0v) is 13.0. The van der Waals surface area contributed by atoms with E-state index < -0.39 is 0 Å². The van der Waals surface area contributed by atoms with Gasteiger partial charge < -0.3 is 15.4 Å². The summed E-state index contributed by atoms with van der Waals surface area (Å²) in [6, 6.07) is 2.64. The average Bonchev–Trinajstić information content (AvgIpc) is 2.75. The standard InChI is InChI=1S/C15H25N5O/c1-11-7-14(18-15(16)17-11)20-9-12-3-4-13(10-20)19(8-12)5-6-21-2/h7,12-13H,3-6,8-10H2,1-2H3,(H2,16,17,18)/t12-,13-/m0/s1. The van der Waals surface area contributed by atoms with Gasteiger partial charge >= 0.3 is 0 Å². The van der Waals surface area contributed by atoms with Gasteiger partial charge in [0.25, 0.3) is 0 Å². The van der Waals surface area contributed by atoms with Gasteiger partial charge in [0.15, 0.2) is 0 Å². The lowest BCUT2D eigenvalue weighted by molar-refractivity contribution is 0.0889. The van der Waals surface area contributed by atoms with Crippen molar-refractivity contribution < 1.29 is 4.74 Å². The lowest BCUT2D eigenvalue weighted by Gasteiger charge is -2.35. The molecular formula is C15H25N5O. The molecule has 6 nitrogen and oxygen atoms in total. The highest BCUT2D eigenvalue weighted by Crippen LogP contribution is 2.30. The molecule has 2 N–H and O–H groups in total. The van der Waals surface area contributed by atoms with Gasteiger partial charge in [-0.05, 0) is 25.7 Å². The Balaban J connectivity index is 1.77. The zero-order chi connectivity index (χ0) is 14.8. The summed E-state index contributed by atoms with van der Waals surface area (Å²) >= 11 is 0. The van der Waals surface area contributed by atoms with Gasteiger partial charge in [-0.15, -0.1) is 0 Å². The SMILES string of the molecule is COCCN1C[C@@H]2CC[C@H]1CN(c1cc(C)nc(N)n1)C2. The maximum atomic E-state index is 5.81. The number of rotatable bonds is 4. The lowest BCUT2D eigenvalue weighted by Crippen LogP contribution is -2.45. The molecule has 4 rings (SSSR count). The van der Waals surface area contributed by atoms with E-state index in [0.717, 1.165) is 37.8 Å². The molecule has 0 radical (unpaired) electrons. The van der Waals surface area contributed by atoms with E-state index in [9.17, 15) is 0 Å². The van der Waals surface area contributed by atoms with Crippen molar-refractivity contribution >= 4 is 11.8 Å². The Labute approximate surface area is 126 Å². The van der Waals surface area contributed by atoms with Crippen LogP contribution in [0.4, 0.5) is 11.8 Å². The van der Waals surface area contributed by atoms with E-state index in [1.54, 1.807) is 7.11 Å². The minimum absolute atomic E-state index is 0.373. The van der Waals surface area contributed by atoms with E-state index in [4.69, 9.17) is 10.5 Å². The van der Waals surface area contributed by atoms with Gasteiger partial charge in [0, 0.05) is 51.1 Å². The molecule has 0 saturated carbocycles. The number of nitrogen functional groups attached to an aromatic ring is 1. The first-order valence-corrected chi connectivity index (χ1v) is 7.75. The number of fused-ring (bicyclic) bond motifs is 4. The van der Waals surface area contributed by atoms with Gasteiger partial charge in [0.05, 0.1) is 6.61 Å². The summed E-state index contributed by atoms with van der Waals surface area (Å²) in [5.74, 6) is 2.06. The van der Waals surface area contributed by atoms with Crippen LogP contribution >= 0.6 is 0 Å². The fraction of sp³-hybridized carbons (Fsp3) is 0.733. The Bertz CT molecular complexity index is 475. The molecule has 2 bridgehead atoms. The topological polar surface area (TPSA) is 67.5 Å². The van der Waals surface area contributed by atoms with Crippen LogP contribution in [0, 0.1) is 12.8 Å². The predicted octanol–water partition coefficient (Wildman–Crippen LogP) is 0.914. The molecular weight excluding hydrogens is 266 g/mol. The number of ether oxygens (including phenoxy) is 1. The molecule has 3 aliphatic heterocycles. The van der Waals surface area contributed by atoms with Crippen molar-refractivity contribution in [2.45, 2.75) is 25.8 Å². The minimum atomic E-state index is 0.373. The molecule has 0 amide bonds. The van der Waals surface area contributed by atoms with Crippen LogP contribution in [0.5, 0.6) is 0 Å². The van der Waals surface area contributed by atoms with Gasteiger partial charge in [-0.3, -0.25) is 4.90 Å². The highest BCUT2D eigenvalue weighted by molar-refractivity contribution is 5.44.